The molecule has 1 aromatic heterocycles. The predicted octanol–water partition coefficient (Wildman–Crippen LogP) is 3.92. The van der Waals surface area contributed by atoms with Crippen LogP contribution < -0.4 is 4.74 Å². The summed E-state index contributed by atoms with van der Waals surface area (Å²) >= 11 is 0. The number of piperidine rings is 3. The maximum atomic E-state index is 6.26. The number of aromatic nitrogens is 1. The maximum Gasteiger partial charge on any atom is 0.213 e. The smallest absolute Gasteiger partial charge is 0.213 e. The first-order valence-electron chi connectivity index (χ1n) is 8.64. The Morgan fingerprint density at radius 2 is 1.70 bits per heavy atom. The molecule has 2 atom stereocenters. The first kappa shape index (κ1) is 14.7. The summed E-state index contributed by atoms with van der Waals surface area (Å²) < 4.78 is 6.26. The van der Waals surface area contributed by atoms with Crippen LogP contribution in [-0.2, 0) is 0 Å². The SMILES string of the molecule is Cc1ccc(-c2ccc(O[C@@H]3C4CCN(CC4)[C@H]3C)nc2)cc1. The van der Waals surface area contributed by atoms with Crippen LogP contribution in [0.3, 0.4) is 0 Å². The highest BCUT2D eigenvalue weighted by atomic mass is 16.5. The highest BCUT2D eigenvalue weighted by molar-refractivity contribution is 5.62. The fourth-order valence-corrected chi connectivity index (χ4v) is 3.96. The van der Waals surface area contributed by atoms with E-state index < -0.39 is 0 Å². The maximum absolute atomic E-state index is 6.26. The van der Waals surface area contributed by atoms with E-state index in [1.54, 1.807) is 0 Å². The Bertz CT molecular complexity index is 655. The normalized spacial score (nSPS) is 29.5. The third-order valence-corrected chi connectivity index (χ3v) is 5.47. The van der Waals surface area contributed by atoms with Gasteiger partial charge in [0.1, 0.15) is 6.10 Å². The third kappa shape index (κ3) is 2.86. The molecule has 0 unspecified atom stereocenters. The highest BCUT2D eigenvalue weighted by Crippen LogP contribution is 2.34. The van der Waals surface area contributed by atoms with Crippen LogP contribution in [0.2, 0.25) is 0 Å². The fraction of sp³-hybridized carbons (Fsp3) is 0.450. The zero-order chi connectivity index (χ0) is 15.8. The lowest BCUT2D eigenvalue weighted by atomic mass is 9.81. The van der Waals surface area contributed by atoms with E-state index in [9.17, 15) is 0 Å². The van der Waals surface area contributed by atoms with Crippen molar-refractivity contribution >= 4 is 0 Å². The largest absolute Gasteiger partial charge is 0.472 e. The zero-order valence-corrected chi connectivity index (χ0v) is 13.9. The second-order valence-corrected chi connectivity index (χ2v) is 6.95. The number of fused-ring (bicyclic) bond motifs is 3. The molecule has 4 heterocycles. The molecule has 2 aromatic rings. The van der Waals surface area contributed by atoms with E-state index in [1.165, 1.54) is 37.1 Å². The van der Waals surface area contributed by atoms with Crippen molar-refractivity contribution in [1.29, 1.82) is 0 Å². The summed E-state index contributed by atoms with van der Waals surface area (Å²) in [6.07, 6.45) is 4.73. The Kier molecular flexibility index (Phi) is 3.82. The van der Waals surface area contributed by atoms with Gasteiger partial charge in [-0.05, 0) is 57.3 Å². The second kappa shape index (κ2) is 5.97. The van der Waals surface area contributed by atoms with Crippen LogP contribution in [-0.4, -0.2) is 35.1 Å². The van der Waals surface area contributed by atoms with Crippen LogP contribution in [0.4, 0.5) is 0 Å². The van der Waals surface area contributed by atoms with Gasteiger partial charge in [0.05, 0.1) is 0 Å². The zero-order valence-electron chi connectivity index (χ0n) is 13.9. The van der Waals surface area contributed by atoms with Crippen molar-refractivity contribution in [3.8, 4) is 17.0 Å². The van der Waals surface area contributed by atoms with Gasteiger partial charge in [0.25, 0.3) is 0 Å². The Balaban J connectivity index is 1.49. The molecule has 3 fully saturated rings. The number of aryl methyl sites for hydroxylation is 1. The molecule has 120 valence electrons. The molecular weight excluding hydrogens is 284 g/mol. The molecule has 3 nitrogen and oxygen atoms in total. The summed E-state index contributed by atoms with van der Waals surface area (Å²) in [7, 11) is 0. The molecule has 2 bridgehead atoms. The minimum absolute atomic E-state index is 0.287. The number of hydrogen-bond donors (Lipinski definition) is 0. The lowest BCUT2D eigenvalue weighted by Gasteiger charge is -2.49. The average Bonchev–Trinajstić information content (AvgIpc) is 2.60. The molecule has 0 radical (unpaired) electrons. The molecule has 3 heteroatoms. The van der Waals surface area contributed by atoms with Crippen molar-refractivity contribution in [2.24, 2.45) is 5.92 Å². The van der Waals surface area contributed by atoms with Gasteiger partial charge in [-0.15, -0.1) is 0 Å². The van der Waals surface area contributed by atoms with Crippen molar-refractivity contribution in [1.82, 2.24) is 9.88 Å². The van der Waals surface area contributed by atoms with Crippen molar-refractivity contribution in [3.05, 3.63) is 48.2 Å². The van der Waals surface area contributed by atoms with Crippen LogP contribution in [0.1, 0.15) is 25.3 Å². The molecule has 0 saturated carbocycles. The molecule has 0 amide bonds. The molecule has 0 N–H and O–H groups in total. The molecule has 0 aliphatic carbocycles. The minimum atomic E-state index is 0.287. The van der Waals surface area contributed by atoms with Gasteiger partial charge in [-0.25, -0.2) is 4.98 Å². The summed E-state index contributed by atoms with van der Waals surface area (Å²) in [4.78, 5) is 7.10. The molecule has 3 saturated heterocycles. The molecule has 3 aliphatic rings. The first-order valence-corrected chi connectivity index (χ1v) is 8.64. The van der Waals surface area contributed by atoms with Crippen molar-refractivity contribution in [2.75, 3.05) is 13.1 Å². The van der Waals surface area contributed by atoms with E-state index in [-0.39, 0.29) is 6.10 Å². The summed E-state index contributed by atoms with van der Waals surface area (Å²) in [5.74, 6) is 1.44. The van der Waals surface area contributed by atoms with Gasteiger partial charge in [0, 0.05) is 23.9 Å². The van der Waals surface area contributed by atoms with Crippen LogP contribution in [0.15, 0.2) is 42.6 Å². The molecule has 1 aromatic carbocycles. The summed E-state index contributed by atoms with van der Waals surface area (Å²) in [6.45, 7) is 6.85. The van der Waals surface area contributed by atoms with Gasteiger partial charge in [0.2, 0.25) is 5.88 Å². The van der Waals surface area contributed by atoms with Crippen LogP contribution in [0.5, 0.6) is 5.88 Å². The quantitative estimate of drug-likeness (QED) is 0.859. The van der Waals surface area contributed by atoms with Crippen molar-refractivity contribution < 1.29 is 4.74 Å². The second-order valence-electron chi connectivity index (χ2n) is 6.95. The molecule has 5 rings (SSSR count). The molecule has 23 heavy (non-hydrogen) atoms. The Morgan fingerprint density at radius 1 is 1.00 bits per heavy atom. The highest BCUT2D eigenvalue weighted by Gasteiger charge is 2.41. The topological polar surface area (TPSA) is 25.4 Å². The molecule has 0 spiro atoms. The average molecular weight is 308 g/mol. The standard InChI is InChI=1S/C20H24N2O/c1-14-3-5-16(6-4-14)18-7-8-19(21-13-18)23-20-15(2)22-11-9-17(20)10-12-22/h3-8,13,15,17,20H,9-12H2,1-2H3/t15-,20-/m0/s1. The Labute approximate surface area is 138 Å². The Hall–Kier alpha value is -1.87. The number of ether oxygens (including phenoxy) is 1. The first-order chi connectivity index (χ1) is 11.2. The van der Waals surface area contributed by atoms with E-state index in [0.717, 1.165) is 11.4 Å². The predicted molar refractivity (Wildman–Crippen MR) is 92.6 cm³/mol. The van der Waals surface area contributed by atoms with E-state index in [0.29, 0.717) is 12.0 Å². The fourth-order valence-electron chi connectivity index (χ4n) is 3.96. The summed E-state index contributed by atoms with van der Waals surface area (Å²) in [5.41, 5.74) is 3.61. The lowest BCUT2D eigenvalue weighted by molar-refractivity contribution is -0.0525. The molecule has 3 aliphatic heterocycles. The monoisotopic (exact) mass is 308 g/mol. The van der Waals surface area contributed by atoms with E-state index in [2.05, 4.69) is 54.1 Å². The van der Waals surface area contributed by atoms with E-state index in [4.69, 9.17) is 4.74 Å². The number of nitrogens with zero attached hydrogens (tertiary/aromatic N) is 2. The summed E-state index contributed by atoms with van der Waals surface area (Å²) in [5, 5.41) is 0. The third-order valence-electron chi connectivity index (χ3n) is 5.47. The van der Waals surface area contributed by atoms with Gasteiger partial charge in [-0.1, -0.05) is 29.8 Å². The van der Waals surface area contributed by atoms with Crippen LogP contribution in [0, 0.1) is 12.8 Å². The number of benzene rings is 1. The lowest BCUT2D eigenvalue weighted by Crippen LogP contribution is -2.58. The summed E-state index contributed by atoms with van der Waals surface area (Å²) in [6, 6.07) is 13.2. The van der Waals surface area contributed by atoms with E-state index >= 15 is 0 Å². The van der Waals surface area contributed by atoms with Crippen molar-refractivity contribution in [2.45, 2.75) is 38.8 Å². The van der Waals surface area contributed by atoms with Gasteiger partial charge in [-0.2, -0.15) is 0 Å². The number of hydrogen-bond acceptors (Lipinski definition) is 3. The van der Waals surface area contributed by atoms with Crippen LogP contribution in [0.25, 0.3) is 11.1 Å². The Morgan fingerprint density at radius 3 is 2.30 bits per heavy atom. The van der Waals surface area contributed by atoms with Crippen molar-refractivity contribution in [3.63, 3.8) is 0 Å². The minimum Gasteiger partial charge on any atom is -0.472 e. The van der Waals surface area contributed by atoms with E-state index in [1.807, 2.05) is 12.3 Å². The van der Waals surface area contributed by atoms with Gasteiger partial charge in [-0.3, -0.25) is 4.90 Å². The molecular formula is C20H24N2O. The van der Waals surface area contributed by atoms with Crippen LogP contribution >= 0.6 is 0 Å². The number of rotatable bonds is 3. The van der Waals surface area contributed by atoms with Gasteiger partial charge < -0.3 is 4.74 Å². The van der Waals surface area contributed by atoms with Gasteiger partial charge in [0.15, 0.2) is 0 Å². The van der Waals surface area contributed by atoms with Gasteiger partial charge >= 0.3 is 0 Å². The number of pyridine rings is 1.